The van der Waals surface area contributed by atoms with Crippen molar-refractivity contribution in [2.75, 3.05) is 0 Å². The van der Waals surface area contributed by atoms with Crippen LogP contribution in [0.1, 0.15) is 17.4 Å². The summed E-state index contributed by atoms with van der Waals surface area (Å²) >= 11 is 1.86. The van der Waals surface area contributed by atoms with E-state index in [2.05, 4.69) is 24.4 Å². The predicted octanol–water partition coefficient (Wildman–Crippen LogP) is 2.71. The highest BCUT2D eigenvalue weighted by molar-refractivity contribution is 7.10. The minimum Gasteiger partial charge on any atom is -0.148 e. The molecule has 1 aromatic heterocycles. The highest BCUT2D eigenvalue weighted by atomic mass is 32.1. The average molecular weight is 136 g/mol. The molecule has 0 fully saturated rings. The van der Waals surface area contributed by atoms with Crippen molar-refractivity contribution in [1.29, 1.82) is 0 Å². The van der Waals surface area contributed by atoms with Crippen molar-refractivity contribution in [2.24, 2.45) is 0 Å². The van der Waals surface area contributed by atoms with Crippen LogP contribution in [0.4, 0.5) is 0 Å². The van der Waals surface area contributed by atoms with Gasteiger partial charge >= 0.3 is 0 Å². The fourth-order valence-corrected chi connectivity index (χ4v) is 2.11. The molecular formula is C8H8S. The van der Waals surface area contributed by atoms with Crippen molar-refractivity contribution in [3.05, 3.63) is 28.0 Å². The summed E-state index contributed by atoms with van der Waals surface area (Å²) < 4.78 is 0. The summed E-state index contributed by atoms with van der Waals surface area (Å²) in [6.45, 7) is 2.18. The Hall–Kier alpha value is -0.560. The molecule has 2 rings (SSSR count). The zero-order chi connectivity index (χ0) is 6.27. The van der Waals surface area contributed by atoms with Crippen LogP contribution in [0, 0.1) is 0 Å². The van der Waals surface area contributed by atoms with Crippen LogP contribution in [0.25, 0.3) is 5.57 Å². The number of rotatable bonds is 0. The van der Waals surface area contributed by atoms with Crippen molar-refractivity contribution in [3.63, 3.8) is 0 Å². The monoisotopic (exact) mass is 136 g/mol. The van der Waals surface area contributed by atoms with Gasteiger partial charge in [0, 0.05) is 11.3 Å². The molecule has 0 nitrogen and oxygen atoms in total. The lowest BCUT2D eigenvalue weighted by molar-refractivity contribution is 1.39. The summed E-state index contributed by atoms with van der Waals surface area (Å²) in [6, 6.07) is 2.21. The van der Waals surface area contributed by atoms with Gasteiger partial charge in [-0.25, -0.2) is 0 Å². The van der Waals surface area contributed by atoms with Crippen LogP contribution in [0.2, 0.25) is 0 Å². The van der Waals surface area contributed by atoms with E-state index in [-0.39, 0.29) is 0 Å². The normalized spacial score (nSPS) is 15.4. The molecule has 0 radical (unpaired) electrons. The molecule has 9 heavy (non-hydrogen) atoms. The zero-order valence-electron chi connectivity index (χ0n) is 5.35. The van der Waals surface area contributed by atoms with Crippen LogP contribution in [0.3, 0.4) is 0 Å². The van der Waals surface area contributed by atoms with Crippen LogP contribution in [0.5, 0.6) is 0 Å². The molecule has 1 aromatic rings. The third-order valence-corrected chi connectivity index (χ3v) is 2.71. The lowest BCUT2D eigenvalue weighted by Gasteiger charge is -1.87. The highest BCUT2D eigenvalue weighted by Gasteiger charge is 2.09. The van der Waals surface area contributed by atoms with Crippen molar-refractivity contribution >= 4 is 16.9 Å². The molecular weight excluding hydrogens is 128 g/mol. The Kier molecular flexibility index (Phi) is 0.995. The Morgan fingerprint density at radius 2 is 2.44 bits per heavy atom. The van der Waals surface area contributed by atoms with Crippen LogP contribution in [-0.4, -0.2) is 0 Å². The second kappa shape index (κ2) is 1.71. The zero-order valence-corrected chi connectivity index (χ0v) is 6.16. The lowest BCUT2D eigenvalue weighted by Crippen LogP contribution is -1.68. The molecule has 0 aliphatic heterocycles. The minimum atomic E-state index is 1.17. The second-order valence-corrected chi connectivity index (χ2v) is 3.35. The van der Waals surface area contributed by atoms with E-state index in [0.717, 1.165) is 0 Å². The lowest BCUT2D eigenvalue weighted by atomic mass is 10.2. The smallest absolute Gasteiger partial charge is 0.0158 e. The third kappa shape index (κ3) is 0.648. The minimum absolute atomic E-state index is 1.17. The van der Waals surface area contributed by atoms with Gasteiger partial charge in [-0.15, -0.1) is 11.3 Å². The summed E-state index contributed by atoms with van der Waals surface area (Å²) in [5.41, 5.74) is 2.92. The van der Waals surface area contributed by atoms with Gasteiger partial charge in [0.1, 0.15) is 0 Å². The summed E-state index contributed by atoms with van der Waals surface area (Å²) in [5.74, 6) is 0. The standard InChI is InChI=1S/C8H8S/c1-6-2-3-8-7(6)4-5-9-8/h2,4-5H,3H2,1H3. The van der Waals surface area contributed by atoms with E-state index in [0.29, 0.717) is 0 Å². The summed E-state index contributed by atoms with van der Waals surface area (Å²) in [7, 11) is 0. The van der Waals surface area contributed by atoms with Crippen molar-refractivity contribution in [3.8, 4) is 0 Å². The molecule has 1 heterocycles. The number of hydrogen-bond acceptors (Lipinski definition) is 1. The average Bonchev–Trinajstić information content (AvgIpc) is 2.35. The van der Waals surface area contributed by atoms with E-state index in [1.54, 1.807) is 0 Å². The van der Waals surface area contributed by atoms with Crippen LogP contribution in [-0.2, 0) is 6.42 Å². The maximum Gasteiger partial charge on any atom is 0.0158 e. The molecule has 0 N–H and O–H groups in total. The van der Waals surface area contributed by atoms with Crippen LogP contribution in [0.15, 0.2) is 17.5 Å². The molecule has 1 aliphatic carbocycles. The Bertz CT molecular complexity index is 255. The van der Waals surface area contributed by atoms with Gasteiger partial charge in [-0.05, 0) is 29.5 Å². The molecule has 0 unspecified atom stereocenters. The Morgan fingerprint density at radius 1 is 1.56 bits per heavy atom. The van der Waals surface area contributed by atoms with Crippen LogP contribution >= 0.6 is 11.3 Å². The molecule has 0 amide bonds. The van der Waals surface area contributed by atoms with Gasteiger partial charge in [0.2, 0.25) is 0 Å². The fraction of sp³-hybridized carbons (Fsp3) is 0.250. The van der Waals surface area contributed by atoms with Crippen LogP contribution < -0.4 is 0 Å². The molecule has 1 heteroatoms. The molecule has 0 saturated heterocycles. The number of fused-ring (bicyclic) bond motifs is 1. The van der Waals surface area contributed by atoms with E-state index in [9.17, 15) is 0 Å². The third-order valence-electron chi connectivity index (χ3n) is 1.76. The van der Waals surface area contributed by atoms with Crippen molar-refractivity contribution in [1.82, 2.24) is 0 Å². The van der Waals surface area contributed by atoms with Gasteiger partial charge in [0.15, 0.2) is 0 Å². The number of hydrogen-bond donors (Lipinski definition) is 0. The van der Waals surface area contributed by atoms with E-state index in [4.69, 9.17) is 0 Å². The molecule has 46 valence electrons. The van der Waals surface area contributed by atoms with Gasteiger partial charge in [0.25, 0.3) is 0 Å². The topological polar surface area (TPSA) is 0 Å². The van der Waals surface area contributed by atoms with E-state index in [1.165, 1.54) is 22.4 Å². The maximum absolute atomic E-state index is 2.29. The molecule has 0 atom stereocenters. The molecule has 0 saturated carbocycles. The largest absolute Gasteiger partial charge is 0.148 e. The quantitative estimate of drug-likeness (QED) is 0.514. The van der Waals surface area contributed by atoms with E-state index < -0.39 is 0 Å². The highest BCUT2D eigenvalue weighted by Crippen LogP contribution is 2.30. The first-order valence-electron chi connectivity index (χ1n) is 3.11. The SMILES string of the molecule is CC1=CCc2sccc21. The van der Waals surface area contributed by atoms with E-state index >= 15 is 0 Å². The van der Waals surface area contributed by atoms with Gasteiger partial charge in [-0.2, -0.15) is 0 Å². The number of thiophene rings is 1. The molecule has 0 aromatic carbocycles. The van der Waals surface area contributed by atoms with Gasteiger partial charge in [-0.3, -0.25) is 0 Å². The fourth-order valence-electron chi connectivity index (χ4n) is 1.21. The summed E-state index contributed by atoms with van der Waals surface area (Å²) in [4.78, 5) is 1.53. The molecule has 0 spiro atoms. The first-order valence-corrected chi connectivity index (χ1v) is 3.99. The van der Waals surface area contributed by atoms with Gasteiger partial charge in [-0.1, -0.05) is 6.08 Å². The summed E-state index contributed by atoms with van der Waals surface area (Å²) in [5, 5.41) is 2.17. The molecule has 1 aliphatic rings. The Morgan fingerprint density at radius 3 is 3.22 bits per heavy atom. The predicted molar refractivity (Wildman–Crippen MR) is 41.7 cm³/mol. The van der Waals surface area contributed by atoms with Crippen molar-refractivity contribution in [2.45, 2.75) is 13.3 Å². The Labute approximate surface area is 58.8 Å². The van der Waals surface area contributed by atoms with Gasteiger partial charge in [0.05, 0.1) is 0 Å². The Balaban J connectivity index is 2.62. The second-order valence-electron chi connectivity index (χ2n) is 2.35. The summed E-state index contributed by atoms with van der Waals surface area (Å²) in [6.07, 6.45) is 3.46. The first kappa shape index (κ1) is 5.24. The maximum atomic E-state index is 2.29. The van der Waals surface area contributed by atoms with Crippen molar-refractivity contribution < 1.29 is 0 Å². The first-order chi connectivity index (χ1) is 4.38. The van der Waals surface area contributed by atoms with Gasteiger partial charge < -0.3 is 0 Å². The molecule has 0 bridgehead atoms. The number of allylic oxidation sites excluding steroid dienone is 2. The van der Waals surface area contributed by atoms with E-state index in [1.807, 2.05) is 11.3 Å².